The van der Waals surface area contributed by atoms with Crippen LogP contribution in [0.1, 0.15) is 36.9 Å². The minimum Gasteiger partial charge on any atom is -0.478 e. The maximum absolute atomic E-state index is 12.2. The molecule has 0 saturated heterocycles. The van der Waals surface area contributed by atoms with Crippen LogP contribution >= 0.6 is 11.3 Å². The van der Waals surface area contributed by atoms with Crippen LogP contribution in [0.3, 0.4) is 0 Å². The quantitative estimate of drug-likeness (QED) is 0.910. The third-order valence-electron chi connectivity index (χ3n) is 3.05. The average molecular weight is 290 g/mol. The molecule has 20 heavy (non-hydrogen) atoms. The molecule has 0 spiro atoms. The monoisotopic (exact) mass is 290 g/mol. The first-order valence-corrected chi connectivity index (χ1v) is 6.79. The van der Waals surface area contributed by atoms with Crippen molar-refractivity contribution in [2.75, 3.05) is 5.32 Å². The van der Waals surface area contributed by atoms with Crippen LogP contribution < -0.4 is 5.32 Å². The average Bonchev–Trinajstić information content (AvgIpc) is 2.65. The largest absolute Gasteiger partial charge is 0.478 e. The van der Waals surface area contributed by atoms with Gasteiger partial charge >= 0.3 is 5.97 Å². The molecule has 0 aliphatic heterocycles. The number of thiophene rings is 1. The molecular formula is C14H14N2O3S. The van der Waals surface area contributed by atoms with E-state index in [1.54, 1.807) is 26.0 Å². The van der Waals surface area contributed by atoms with Gasteiger partial charge < -0.3 is 10.4 Å². The predicted molar refractivity (Wildman–Crippen MR) is 77.7 cm³/mol. The van der Waals surface area contributed by atoms with E-state index in [2.05, 4.69) is 10.3 Å². The first kappa shape index (κ1) is 14.2. The van der Waals surface area contributed by atoms with E-state index in [4.69, 9.17) is 0 Å². The van der Waals surface area contributed by atoms with E-state index < -0.39 is 11.9 Å². The molecule has 2 aromatic rings. The molecule has 6 heteroatoms. The van der Waals surface area contributed by atoms with Crippen LogP contribution in [0.4, 0.5) is 5.00 Å². The van der Waals surface area contributed by atoms with Crippen molar-refractivity contribution in [1.29, 1.82) is 0 Å². The highest BCUT2D eigenvalue weighted by Gasteiger charge is 2.21. The summed E-state index contributed by atoms with van der Waals surface area (Å²) in [7, 11) is 0. The molecule has 0 aliphatic rings. The van der Waals surface area contributed by atoms with Gasteiger partial charge in [0.25, 0.3) is 5.91 Å². The standard InChI is InChI=1S/C14H14N2O3S/c1-7-5-4-6-15-11(7)12(17)16-13-10(14(18)19)8(2)9(3)20-13/h4-6H,1-3H3,(H,16,17)(H,18,19). The van der Waals surface area contributed by atoms with Gasteiger partial charge in [0.15, 0.2) is 0 Å². The van der Waals surface area contributed by atoms with Gasteiger partial charge in [-0.1, -0.05) is 6.07 Å². The number of carboxylic acid groups (broad SMARTS) is 1. The minimum absolute atomic E-state index is 0.148. The van der Waals surface area contributed by atoms with Gasteiger partial charge in [0, 0.05) is 11.1 Å². The van der Waals surface area contributed by atoms with Crippen LogP contribution in [-0.4, -0.2) is 22.0 Å². The van der Waals surface area contributed by atoms with E-state index in [1.165, 1.54) is 17.5 Å². The molecule has 2 heterocycles. The van der Waals surface area contributed by atoms with Crippen LogP contribution in [0.25, 0.3) is 0 Å². The molecule has 1 amide bonds. The van der Waals surface area contributed by atoms with Gasteiger partial charge in [-0.15, -0.1) is 11.3 Å². The smallest absolute Gasteiger partial charge is 0.338 e. The molecule has 2 aromatic heterocycles. The highest BCUT2D eigenvalue weighted by atomic mass is 32.1. The zero-order valence-electron chi connectivity index (χ0n) is 11.4. The lowest BCUT2D eigenvalue weighted by Gasteiger charge is -2.06. The van der Waals surface area contributed by atoms with Crippen molar-refractivity contribution in [3.63, 3.8) is 0 Å². The third kappa shape index (κ3) is 2.55. The Labute approximate surface area is 120 Å². The fourth-order valence-corrected chi connectivity index (χ4v) is 2.91. The van der Waals surface area contributed by atoms with E-state index in [-0.39, 0.29) is 5.56 Å². The Bertz CT molecular complexity index is 692. The second-order valence-electron chi connectivity index (χ2n) is 4.42. The van der Waals surface area contributed by atoms with E-state index in [0.717, 1.165) is 10.4 Å². The number of aromatic nitrogens is 1. The molecule has 0 aliphatic carbocycles. The first-order chi connectivity index (χ1) is 9.41. The maximum atomic E-state index is 12.2. The number of pyridine rings is 1. The van der Waals surface area contributed by atoms with Gasteiger partial charge in [0.2, 0.25) is 0 Å². The lowest BCUT2D eigenvalue weighted by molar-refractivity contribution is 0.0697. The molecule has 2 rings (SSSR count). The van der Waals surface area contributed by atoms with E-state index in [0.29, 0.717) is 16.3 Å². The number of hydrogen-bond acceptors (Lipinski definition) is 4. The van der Waals surface area contributed by atoms with Crippen LogP contribution in [0.5, 0.6) is 0 Å². The Morgan fingerprint density at radius 1 is 1.30 bits per heavy atom. The number of aromatic carboxylic acids is 1. The lowest BCUT2D eigenvalue weighted by Crippen LogP contribution is -2.16. The number of nitrogens with zero attached hydrogens (tertiary/aromatic N) is 1. The normalized spacial score (nSPS) is 10.3. The number of anilines is 1. The Kier molecular flexibility index (Phi) is 3.85. The van der Waals surface area contributed by atoms with Gasteiger partial charge in [-0.3, -0.25) is 9.78 Å². The highest BCUT2D eigenvalue weighted by molar-refractivity contribution is 7.16. The number of nitrogens with one attached hydrogen (secondary N) is 1. The van der Waals surface area contributed by atoms with Gasteiger partial charge in [0.1, 0.15) is 10.7 Å². The predicted octanol–water partition coefficient (Wildman–Crippen LogP) is 3.02. The summed E-state index contributed by atoms with van der Waals surface area (Å²) in [6.07, 6.45) is 1.53. The van der Waals surface area contributed by atoms with Crippen molar-refractivity contribution in [2.45, 2.75) is 20.8 Å². The van der Waals surface area contributed by atoms with Crippen LogP contribution in [-0.2, 0) is 0 Å². The van der Waals surface area contributed by atoms with Crippen molar-refractivity contribution in [3.05, 3.63) is 45.6 Å². The maximum Gasteiger partial charge on any atom is 0.338 e. The molecule has 0 aromatic carbocycles. The summed E-state index contributed by atoms with van der Waals surface area (Å²) in [4.78, 5) is 28.3. The number of hydrogen-bond donors (Lipinski definition) is 2. The number of rotatable bonds is 3. The minimum atomic E-state index is -1.04. The van der Waals surface area contributed by atoms with E-state index >= 15 is 0 Å². The summed E-state index contributed by atoms with van der Waals surface area (Å²) in [6, 6.07) is 3.53. The Morgan fingerprint density at radius 2 is 2.00 bits per heavy atom. The number of aryl methyl sites for hydroxylation is 2. The molecule has 2 N–H and O–H groups in total. The summed E-state index contributed by atoms with van der Waals surface area (Å²) >= 11 is 1.26. The molecule has 0 radical (unpaired) electrons. The molecular weight excluding hydrogens is 276 g/mol. The number of carbonyl (C=O) groups excluding carboxylic acids is 1. The van der Waals surface area contributed by atoms with Crippen molar-refractivity contribution in [2.24, 2.45) is 0 Å². The molecule has 0 fully saturated rings. The molecule has 5 nitrogen and oxygen atoms in total. The number of carboxylic acids is 1. The third-order valence-corrected chi connectivity index (χ3v) is 4.17. The van der Waals surface area contributed by atoms with E-state index in [9.17, 15) is 14.7 Å². The zero-order chi connectivity index (χ0) is 14.9. The fraction of sp³-hybridized carbons (Fsp3) is 0.214. The molecule has 0 bridgehead atoms. The number of amides is 1. The Morgan fingerprint density at radius 3 is 2.60 bits per heavy atom. The van der Waals surface area contributed by atoms with Crippen molar-refractivity contribution in [1.82, 2.24) is 4.98 Å². The van der Waals surface area contributed by atoms with Crippen molar-refractivity contribution >= 4 is 28.2 Å². The Hall–Kier alpha value is -2.21. The van der Waals surface area contributed by atoms with Crippen molar-refractivity contribution in [3.8, 4) is 0 Å². The Balaban J connectivity index is 2.36. The summed E-state index contributed by atoms with van der Waals surface area (Å²) < 4.78 is 0. The zero-order valence-corrected chi connectivity index (χ0v) is 12.2. The fourth-order valence-electron chi connectivity index (χ4n) is 1.86. The number of carbonyl (C=O) groups is 2. The van der Waals surface area contributed by atoms with Crippen LogP contribution in [0, 0.1) is 20.8 Å². The lowest BCUT2D eigenvalue weighted by atomic mass is 10.1. The molecule has 0 atom stereocenters. The van der Waals surface area contributed by atoms with Crippen LogP contribution in [0.2, 0.25) is 0 Å². The van der Waals surface area contributed by atoms with Crippen LogP contribution in [0.15, 0.2) is 18.3 Å². The first-order valence-electron chi connectivity index (χ1n) is 5.98. The summed E-state index contributed by atoms with van der Waals surface area (Å²) in [5.41, 5.74) is 1.87. The van der Waals surface area contributed by atoms with E-state index in [1.807, 2.05) is 6.92 Å². The summed E-state index contributed by atoms with van der Waals surface area (Å²) in [5.74, 6) is -1.44. The van der Waals surface area contributed by atoms with Crippen molar-refractivity contribution < 1.29 is 14.7 Å². The van der Waals surface area contributed by atoms with Gasteiger partial charge in [-0.25, -0.2) is 4.79 Å². The summed E-state index contributed by atoms with van der Waals surface area (Å²) in [6.45, 7) is 5.34. The topological polar surface area (TPSA) is 79.3 Å². The van der Waals surface area contributed by atoms with Gasteiger partial charge in [-0.05, 0) is 38.0 Å². The SMILES string of the molecule is Cc1cccnc1C(=O)Nc1sc(C)c(C)c1C(=O)O. The molecule has 104 valence electrons. The molecule has 0 saturated carbocycles. The second-order valence-corrected chi connectivity index (χ2v) is 5.64. The summed E-state index contributed by atoms with van der Waals surface area (Å²) in [5, 5.41) is 12.2. The second kappa shape index (κ2) is 5.42. The highest BCUT2D eigenvalue weighted by Crippen LogP contribution is 2.32. The molecule has 0 unspecified atom stereocenters. The van der Waals surface area contributed by atoms with Gasteiger partial charge in [-0.2, -0.15) is 0 Å². The van der Waals surface area contributed by atoms with Gasteiger partial charge in [0.05, 0.1) is 5.56 Å².